The Bertz CT molecular complexity index is 375. The van der Waals surface area contributed by atoms with Crippen molar-refractivity contribution in [3.63, 3.8) is 0 Å². The van der Waals surface area contributed by atoms with Crippen LogP contribution < -0.4 is 15.4 Å². The first kappa shape index (κ1) is 12.9. The monoisotopic (exact) mass is 248 g/mol. The number of hydrogen-bond acceptors (Lipinski definition) is 3. The average Bonchev–Trinajstić information content (AvgIpc) is 2.40. The second-order valence-electron chi connectivity index (χ2n) is 4.74. The smallest absolute Gasteiger partial charge is 0.410 e. The Hall–Kier alpha value is -1.55. The molecule has 1 fully saturated rings. The predicted octanol–water partition coefficient (Wildman–Crippen LogP) is 2.16. The fourth-order valence-corrected chi connectivity index (χ4v) is 2.23. The van der Waals surface area contributed by atoms with E-state index < -0.39 is 0 Å². The normalized spacial score (nSPS) is 21.1. The third-order valence-corrected chi connectivity index (χ3v) is 3.34. The van der Waals surface area contributed by atoms with Gasteiger partial charge in [0.25, 0.3) is 0 Å². The molecule has 1 heterocycles. The third-order valence-electron chi connectivity index (χ3n) is 3.34. The van der Waals surface area contributed by atoms with Crippen LogP contribution in [0.2, 0.25) is 0 Å². The van der Waals surface area contributed by atoms with E-state index in [0.29, 0.717) is 11.7 Å². The number of para-hydroxylation sites is 1. The lowest BCUT2D eigenvalue weighted by Crippen LogP contribution is -2.45. The Kier molecular flexibility index (Phi) is 4.59. The molecule has 0 radical (unpaired) electrons. The topological polar surface area (TPSA) is 50.4 Å². The zero-order valence-electron chi connectivity index (χ0n) is 10.7. The summed E-state index contributed by atoms with van der Waals surface area (Å²) in [6.45, 7) is 4.08. The fourth-order valence-electron chi connectivity index (χ4n) is 2.23. The van der Waals surface area contributed by atoms with E-state index in [0.717, 1.165) is 19.5 Å². The molecule has 1 aliphatic heterocycles. The molecule has 1 aromatic rings. The maximum atomic E-state index is 11.7. The summed E-state index contributed by atoms with van der Waals surface area (Å²) in [5.41, 5.74) is 0. The molecule has 18 heavy (non-hydrogen) atoms. The third kappa shape index (κ3) is 3.74. The number of rotatable bonds is 3. The zero-order valence-corrected chi connectivity index (χ0v) is 10.7. The molecule has 1 aliphatic rings. The van der Waals surface area contributed by atoms with Gasteiger partial charge in [-0.15, -0.1) is 0 Å². The second-order valence-corrected chi connectivity index (χ2v) is 4.74. The summed E-state index contributed by atoms with van der Waals surface area (Å²) in [5, 5.41) is 6.24. The van der Waals surface area contributed by atoms with Crippen LogP contribution in [-0.2, 0) is 0 Å². The van der Waals surface area contributed by atoms with Crippen molar-refractivity contribution in [3.05, 3.63) is 30.3 Å². The zero-order chi connectivity index (χ0) is 12.8. The quantitative estimate of drug-likeness (QED) is 0.862. The molecule has 98 valence electrons. The minimum Gasteiger partial charge on any atom is -0.410 e. The molecule has 0 bridgehead atoms. The van der Waals surface area contributed by atoms with Gasteiger partial charge in [0.05, 0.1) is 0 Å². The van der Waals surface area contributed by atoms with Gasteiger partial charge in [-0.05, 0) is 50.9 Å². The van der Waals surface area contributed by atoms with Crippen LogP contribution in [0.4, 0.5) is 4.79 Å². The first-order chi connectivity index (χ1) is 8.75. The maximum absolute atomic E-state index is 11.7. The highest BCUT2D eigenvalue weighted by atomic mass is 16.6. The molecule has 1 amide bonds. The van der Waals surface area contributed by atoms with E-state index in [9.17, 15) is 4.79 Å². The Morgan fingerprint density at radius 1 is 1.44 bits per heavy atom. The van der Waals surface area contributed by atoms with Crippen molar-refractivity contribution in [1.29, 1.82) is 0 Å². The lowest BCUT2D eigenvalue weighted by molar-refractivity contribution is 0.188. The van der Waals surface area contributed by atoms with Crippen LogP contribution in [0, 0.1) is 5.92 Å². The van der Waals surface area contributed by atoms with Crippen LogP contribution in [0.15, 0.2) is 30.3 Å². The van der Waals surface area contributed by atoms with Crippen molar-refractivity contribution in [2.75, 3.05) is 13.1 Å². The van der Waals surface area contributed by atoms with Gasteiger partial charge < -0.3 is 15.4 Å². The molecule has 0 aromatic heterocycles. The Morgan fingerprint density at radius 2 is 2.22 bits per heavy atom. The maximum Gasteiger partial charge on any atom is 0.412 e. The van der Waals surface area contributed by atoms with Crippen LogP contribution in [0.25, 0.3) is 0 Å². The molecule has 2 atom stereocenters. The Morgan fingerprint density at radius 3 is 2.89 bits per heavy atom. The molecule has 0 aliphatic carbocycles. The largest absolute Gasteiger partial charge is 0.412 e. The minimum absolute atomic E-state index is 0.133. The van der Waals surface area contributed by atoms with Gasteiger partial charge in [0, 0.05) is 6.04 Å². The summed E-state index contributed by atoms with van der Waals surface area (Å²) in [6.07, 6.45) is 1.95. The molecule has 0 spiro atoms. The summed E-state index contributed by atoms with van der Waals surface area (Å²) >= 11 is 0. The van der Waals surface area contributed by atoms with E-state index >= 15 is 0 Å². The van der Waals surface area contributed by atoms with Crippen molar-refractivity contribution in [1.82, 2.24) is 10.6 Å². The predicted molar refractivity (Wildman–Crippen MR) is 70.7 cm³/mol. The van der Waals surface area contributed by atoms with Crippen LogP contribution >= 0.6 is 0 Å². The van der Waals surface area contributed by atoms with E-state index in [4.69, 9.17) is 4.74 Å². The van der Waals surface area contributed by atoms with Crippen LogP contribution in [0.1, 0.15) is 19.8 Å². The minimum atomic E-state index is -0.376. The Balaban J connectivity index is 1.79. The molecule has 4 nitrogen and oxygen atoms in total. The number of piperidine rings is 1. The summed E-state index contributed by atoms with van der Waals surface area (Å²) < 4.78 is 5.21. The number of nitrogens with one attached hydrogen (secondary N) is 2. The number of carbonyl (C=O) groups is 1. The van der Waals surface area contributed by atoms with Gasteiger partial charge >= 0.3 is 6.09 Å². The van der Waals surface area contributed by atoms with Gasteiger partial charge in [-0.1, -0.05) is 18.2 Å². The van der Waals surface area contributed by atoms with Crippen LogP contribution in [-0.4, -0.2) is 25.2 Å². The van der Waals surface area contributed by atoms with Crippen molar-refractivity contribution in [3.8, 4) is 5.75 Å². The highest BCUT2D eigenvalue weighted by Gasteiger charge is 2.21. The van der Waals surface area contributed by atoms with Gasteiger partial charge in [0.1, 0.15) is 5.75 Å². The number of carbonyl (C=O) groups excluding carboxylic acids is 1. The van der Waals surface area contributed by atoms with Gasteiger partial charge in [-0.25, -0.2) is 4.79 Å². The van der Waals surface area contributed by atoms with Gasteiger partial charge in [-0.2, -0.15) is 0 Å². The van der Waals surface area contributed by atoms with E-state index in [1.54, 1.807) is 12.1 Å². The van der Waals surface area contributed by atoms with E-state index in [2.05, 4.69) is 10.6 Å². The molecule has 2 unspecified atom stereocenters. The number of hydrogen-bond donors (Lipinski definition) is 2. The molecule has 0 saturated carbocycles. The van der Waals surface area contributed by atoms with E-state index in [1.165, 1.54) is 6.42 Å². The fraction of sp³-hybridized carbons (Fsp3) is 0.500. The summed E-state index contributed by atoms with van der Waals surface area (Å²) in [5.74, 6) is 1.06. The van der Waals surface area contributed by atoms with Crippen molar-refractivity contribution < 1.29 is 9.53 Å². The molecular weight excluding hydrogens is 228 g/mol. The first-order valence-electron chi connectivity index (χ1n) is 6.50. The van der Waals surface area contributed by atoms with E-state index in [-0.39, 0.29) is 12.1 Å². The van der Waals surface area contributed by atoms with Gasteiger partial charge in [0.2, 0.25) is 0 Å². The van der Waals surface area contributed by atoms with Gasteiger partial charge in [0.15, 0.2) is 0 Å². The molecule has 4 heteroatoms. The van der Waals surface area contributed by atoms with Crippen LogP contribution in [0.5, 0.6) is 5.75 Å². The first-order valence-corrected chi connectivity index (χ1v) is 6.50. The van der Waals surface area contributed by atoms with E-state index in [1.807, 2.05) is 25.1 Å². The standard InChI is InChI=1S/C14H20N2O2/c1-11(12-6-5-9-15-10-12)16-14(17)18-13-7-3-2-4-8-13/h2-4,7-8,11-12,15H,5-6,9-10H2,1H3,(H,16,17). The Labute approximate surface area is 108 Å². The molecular formula is C14H20N2O2. The molecule has 1 aromatic carbocycles. The number of benzene rings is 1. The summed E-state index contributed by atoms with van der Waals surface area (Å²) in [4.78, 5) is 11.7. The van der Waals surface area contributed by atoms with Crippen LogP contribution in [0.3, 0.4) is 0 Å². The van der Waals surface area contributed by atoms with Gasteiger partial charge in [-0.3, -0.25) is 0 Å². The molecule has 2 N–H and O–H groups in total. The molecule has 1 saturated heterocycles. The average molecular weight is 248 g/mol. The summed E-state index contributed by atoms with van der Waals surface area (Å²) in [7, 11) is 0. The van der Waals surface area contributed by atoms with Crippen molar-refractivity contribution in [2.24, 2.45) is 5.92 Å². The highest BCUT2D eigenvalue weighted by Crippen LogP contribution is 2.14. The number of ether oxygens (including phenoxy) is 1. The number of amides is 1. The second kappa shape index (κ2) is 6.40. The van der Waals surface area contributed by atoms with Crippen molar-refractivity contribution >= 4 is 6.09 Å². The highest BCUT2D eigenvalue weighted by molar-refractivity contribution is 5.70. The lowest BCUT2D eigenvalue weighted by Gasteiger charge is -2.28. The van der Waals surface area contributed by atoms with Crippen molar-refractivity contribution in [2.45, 2.75) is 25.8 Å². The summed E-state index contributed by atoms with van der Waals surface area (Å²) in [6, 6.07) is 9.25. The molecule has 2 rings (SSSR count). The lowest BCUT2D eigenvalue weighted by atomic mass is 9.93. The SMILES string of the molecule is CC(NC(=O)Oc1ccccc1)C1CCCNC1.